The molecule has 1 aromatic carbocycles. The van der Waals surface area contributed by atoms with Gasteiger partial charge in [-0.05, 0) is 18.5 Å². The van der Waals surface area contributed by atoms with Crippen LogP contribution in [0.15, 0.2) is 30.3 Å². The summed E-state index contributed by atoms with van der Waals surface area (Å²) in [5.74, 6) is 0. The Balaban J connectivity index is 1.61. The quantitative estimate of drug-likeness (QED) is 0.906. The Morgan fingerprint density at radius 1 is 1.05 bits per heavy atom. The standard InChI is InChI=1S/C17H27N3O/c1-2-5-16(6-3-1)17-15-18-7-4-8-20(17)10-9-19-11-13-21-14-12-19/h1-3,5-6,17-18H,4,7-15H2. The predicted octanol–water partition coefficient (Wildman–Crippen LogP) is 1.36. The number of hydrogen-bond donors (Lipinski definition) is 1. The monoisotopic (exact) mass is 289 g/mol. The van der Waals surface area contributed by atoms with Gasteiger partial charge in [0.15, 0.2) is 0 Å². The molecule has 0 spiro atoms. The zero-order valence-electron chi connectivity index (χ0n) is 12.8. The van der Waals surface area contributed by atoms with E-state index in [2.05, 4.69) is 45.4 Å². The van der Waals surface area contributed by atoms with Crippen LogP contribution in [0, 0.1) is 0 Å². The lowest BCUT2D eigenvalue weighted by atomic mass is 10.1. The van der Waals surface area contributed by atoms with Gasteiger partial charge in [-0.15, -0.1) is 0 Å². The maximum absolute atomic E-state index is 5.44. The minimum absolute atomic E-state index is 0.509. The molecule has 0 aromatic heterocycles. The molecule has 2 heterocycles. The zero-order valence-corrected chi connectivity index (χ0v) is 12.8. The van der Waals surface area contributed by atoms with E-state index >= 15 is 0 Å². The molecule has 1 aromatic rings. The van der Waals surface area contributed by atoms with Gasteiger partial charge in [0, 0.05) is 45.3 Å². The highest BCUT2D eigenvalue weighted by atomic mass is 16.5. The van der Waals surface area contributed by atoms with E-state index in [0.717, 1.165) is 52.5 Å². The van der Waals surface area contributed by atoms with Gasteiger partial charge in [-0.2, -0.15) is 0 Å². The SMILES string of the molecule is c1ccc(C2CNCCCN2CCN2CCOCC2)cc1. The molecule has 0 aliphatic carbocycles. The van der Waals surface area contributed by atoms with Crippen molar-refractivity contribution < 1.29 is 4.74 Å². The van der Waals surface area contributed by atoms with Crippen molar-refractivity contribution in [3.05, 3.63) is 35.9 Å². The van der Waals surface area contributed by atoms with E-state index in [9.17, 15) is 0 Å². The number of nitrogens with one attached hydrogen (secondary N) is 1. The number of rotatable bonds is 4. The molecular formula is C17H27N3O. The van der Waals surface area contributed by atoms with Crippen molar-refractivity contribution in [2.24, 2.45) is 0 Å². The van der Waals surface area contributed by atoms with E-state index in [-0.39, 0.29) is 0 Å². The maximum atomic E-state index is 5.44. The Kier molecular flexibility index (Phi) is 5.63. The highest BCUT2D eigenvalue weighted by Crippen LogP contribution is 2.21. The summed E-state index contributed by atoms with van der Waals surface area (Å²) in [6.07, 6.45) is 1.24. The van der Waals surface area contributed by atoms with E-state index in [1.165, 1.54) is 18.5 Å². The molecule has 2 fully saturated rings. The van der Waals surface area contributed by atoms with E-state index < -0.39 is 0 Å². The first-order valence-corrected chi connectivity index (χ1v) is 8.23. The first kappa shape index (κ1) is 15.0. The molecule has 2 aliphatic rings. The fourth-order valence-electron chi connectivity index (χ4n) is 3.30. The largest absolute Gasteiger partial charge is 0.379 e. The summed E-state index contributed by atoms with van der Waals surface area (Å²) in [7, 11) is 0. The number of benzene rings is 1. The van der Waals surface area contributed by atoms with Crippen LogP contribution in [0.2, 0.25) is 0 Å². The number of nitrogens with zero attached hydrogens (tertiary/aromatic N) is 2. The molecule has 0 saturated carbocycles. The van der Waals surface area contributed by atoms with E-state index in [1.807, 2.05) is 0 Å². The molecule has 3 rings (SSSR count). The average Bonchev–Trinajstić information content (AvgIpc) is 2.80. The summed E-state index contributed by atoms with van der Waals surface area (Å²) in [5.41, 5.74) is 1.44. The summed E-state index contributed by atoms with van der Waals surface area (Å²) in [6, 6.07) is 11.4. The number of ether oxygens (including phenoxy) is 1. The van der Waals surface area contributed by atoms with E-state index in [0.29, 0.717) is 6.04 Å². The Hall–Kier alpha value is -0.940. The molecule has 1 atom stereocenters. The van der Waals surface area contributed by atoms with E-state index in [1.54, 1.807) is 0 Å². The van der Waals surface area contributed by atoms with Crippen molar-refractivity contribution in [1.82, 2.24) is 15.1 Å². The minimum Gasteiger partial charge on any atom is -0.379 e. The predicted molar refractivity (Wildman–Crippen MR) is 85.5 cm³/mol. The number of hydrogen-bond acceptors (Lipinski definition) is 4. The number of morpholine rings is 1. The normalized spacial score (nSPS) is 25.6. The lowest BCUT2D eigenvalue weighted by molar-refractivity contribution is 0.0312. The Morgan fingerprint density at radius 3 is 2.67 bits per heavy atom. The van der Waals surface area contributed by atoms with Gasteiger partial charge in [-0.25, -0.2) is 0 Å². The molecule has 0 radical (unpaired) electrons. The molecular weight excluding hydrogens is 262 g/mol. The third kappa shape index (κ3) is 4.27. The van der Waals surface area contributed by atoms with Crippen molar-refractivity contribution >= 4 is 0 Å². The summed E-state index contributed by atoms with van der Waals surface area (Å²) >= 11 is 0. The Bertz CT molecular complexity index is 406. The van der Waals surface area contributed by atoms with Gasteiger partial charge in [0.1, 0.15) is 0 Å². The zero-order chi connectivity index (χ0) is 14.3. The molecule has 4 nitrogen and oxygen atoms in total. The lowest BCUT2D eigenvalue weighted by Gasteiger charge is -2.33. The second-order valence-electron chi connectivity index (χ2n) is 5.97. The minimum atomic E-state index is 0.509. The van der Waals surface area contributed by atoms with Gasteiger partial charge in [0.05, 0.1) is 13.2 Å². The lowest BCUT2D eigenvalue weighted by Crippen LogP contribution is -2.43. The fourth-order valence-corrected chi connectivity index (χ4v) is 3.30. The fraction of sp³-hybridized carbons (Fsp3) is 0.647. The third-order valence-corrected chi connectivity index (χ3v) is 4.57. The van der Waals surface area contributed by atoms with Gasteiger partial charge < -0.3 is 10.1 Å². The highest BCUT2D eigenvalue weighted by Gasteiger charge is 2.23. The van der Waals surface area contributed by atoms with Gasteiger partial charge in [-0.3, -0.25) is 9.80 Å². The van der Waals surface area contributed by atoms with Crippen LogP contribution in [0.1, 0.15) is 18.0 Å². The van der Waals surface area contributed by atoms with Crippen molar-refractivity contribution in [3.63, 3.8) is 0 Å². The topological polar surface area (TPSA) is 27.7 Å². The second kappa shape index (κ2) is 7.90. The van der Waals surface area contributed by atoms with Crippen LogP contribution in [-0.2, 0) is 4.74 Å². The van der Waals surface area contributed by atoms with Crippen LogP contribution in [0.25, 0.3) is 0 Å². The third-order valence-electron chi connectivity index (χ3n) is 4.57. The van der Waals surface area contributed by atoms with Crippen LogP contribution in [0.5, 0.6) is 0 Å². The van der Waals surface area contributed by atoms with Crippen LogP contribution in [0.3, 0.4) is 0 Å². The summed E-state index contributed by atoms with van der Waals surface area (Å²) in [4.78, 5) is 5.19. The first-order chi connectivity index (χ1) is 10.4. The summed E-state index contributed by atoms with van der Waals surface area (Å²) in [5, 5.41) is 3.59. The van der Waals surface area contributed by atoms with Crippen molar-refractivity contribution in [2.75, 3.05) is 59.0 Å². The van der Waals surface area contributed by atoms with Crippen molar-refractivity contribution in [1.29, 1.82) is 0 Å². The van der Waals surface area contributed by atoms with Crippen molar-refractivity contribution in [2.45, 2.75) is 12.5 Å². The molecule has 2 aliphatic heterocycles. The van der Waals surface area contributed by atoms with Crippen LogP contribution >= 0.6 is 0 Å². The molecule has 0 bridgehead atoms. The Morgan fingerprint density at radius 2 is 1.86 bits per heavy atom. The molecule has 2 saturated heterocycles. The van der Waals surface area contributed by atoms with Crippen LogP contribution < -0.4 is 5.32 Å². The highest BCUT2D eigenvalue weighted by molar-refractivity contribution is 5.19. The van der Waals surface area contributed by atoms with Crippen LogP contribution in [-0.4, -0.2) is 68.8 Å². The summed E-state index contributed by atoms with van der Waals surface area (Å²) in [6.45, 7) is 9.66. The first-order valence-electron chi connectivity index (χ1n) is 8.23. The van der Waals surface area contributed by atoms with Crippen molar-refractivity contribution in [3.8, 4) is 0 Å². The average molecular weight is 289 g/mol. The Labute approximate surface area is 128 Å². The molecule has 0 amide bonds. The van der Waals surface area contributed by atoms with Crippen LogP contribution in [0.4, 0.5) is 0 Å². The van der Waals surface area contributed by atoms with Gasteiger partial charge in [0.25, 0.3) is 0 Å². The molecule has 1 N–H and O–H groups in total. The van der Waals surface area contributed by atoms with Gasteiger partial charge in [-0.1, -0.05) is 30.3 Å². The molecule has 4 heteroatoms. The van der Waals surface area contributed by atoms with Gasteiger partial charge >= 0.3 is 0 Å². The summed E-state index contributed by atoms with van der Waals surface area (Å²) < 4.78 is 5.44. The smallest absolute Gasteiger partial charge is 0.0594 e. The molecule has 21 heavy (non-hydrogen) atoms. The van der Waals surface area contributed by atoms with E-state index in [4.69, 9.17) is 4.74 Å². The molecule has 1 unspecified atom stereocenters. The maximum Gasteiger partial charge on any atom is 0.0594 e. The second-order valence-corrected chi connectivity index (χ2v) is 5.97. The molecule has 116 valence electrons. The van der Waals surface area contributed by atoms with Gasteiger partial charge in [0.2, 0.25) is 0 Å².